The van der Waals surface area contributed by atoms with Crippen molar-refractivity contribution in [1.29, 1.82) is 0 Å². The van der Waals surface area contributed by atoms with E-state index in [1.165, 1.54) is 0 Å². The summed E-state index contributed by atoms with van der Waals surface area (Å²) in [6.07, 6.45) is 0.804. The summed E-state index contributed by atoms with van der Waals surface area (Å²) >= 11 is 15.4. The number of benzene rings is 3. The quantitative estimate of drug-likeness (QED) is 0.223. The number of rotatable bonds is 7. The maximum atomic E-state index is 12.6. The van der Waals surface area contributed by atoms with Crippen LogP contribution in [0.2, 0.25) is 0 Å². The molecule has 3 N–H and O–H groups in total. The van der Waals surface area contributed by atoms with Gasteiger partial charge in [0.25, 0.3) is 11.8 Å². The number of hydrogen-bond acceptors (Lipinski definition) is 5. The Morgan fingerprint density at radius 1 is 0.912 bits per heavy atom. The Balaban J connectivity index is 1.52. The van der Waals surface area contributed by atoms with Crippen LogP contribution in [-0.2, 0) is 4.79 Å². The Labute approximate surface area is 227 Å². The van der Waals surface area contributed by atoms with E-state index in [1.807, 2.05) is 31.2 Å². The van der Waals surface area contributed by atoms with E-state index in [4.69, 9.17) is 21.7 Å². The molecule has 2 amide bonds. The molecule has 0 atom stereocenters. The average molecular weight is 674 g/mol. The molecule has 0 unspecified atom stereocenters. The first-order valence-corrected chi connectivity index (χ1v) is 12.9. The van der Waals surface area contributed by atoms with Gasteiger partial charge in [0, 0.05) is 8.95 Å². The minimum atomic E-state index is -0.478. The van der Waals surface area contributed by atoms with Crippen LogP contribution in [0.5, 0.6) is 11.5 Å². The maximum Gasteiger partial charge on any atom is 0.276 e. The predicted molar refractivity (Wildman–Crippen MR) is 146 cm³/mol. The second-order valence-corrected chi connectivity index (χ2v) is 10.0. The van der Waals surface area contributed by atoms with Gasteiger partial charge in [0.2, 0.25) is 0 Å². The highest BCUT2D eigenvalue weighted by Crippen LogP contribution is 2.34. The van der Waals surface area contributed by atoms with Crippen molar-refractivity contribution in [1.82, 2.24) is 16.2 Å². The van der Waals surface area contributed by atoms with Crippen molar-refractivity contribution in [3.8, 4) is 11.5 Å². The first kappa shape index (κ1) is 26.4. The highest BCUT2D eigenvalue weighted by molar-refractivity contribution is 9.11. The highest BCUT2D eigenvalue weighted by Gasteiger charge is 2.15. The zero-order chi connectivity index (χ0) is 24.7. The van der Waals surface area contributed by atoms with Crippen LogP contribution >= 0.6 is 60.0 Å². The minimum Gasteiger partial charge on any atom is -0.493 e. The van der Waals surface area contributed by atoms with Gasteiger partial charge >= 0.3 is 0 Å². The lowest BCUT2D eigenvalue weighted by molar-refractivity contribution is -0.123. The first-order chi connectivity index (χ1) is 16.3. The van der Waals surface area contributed by atoms with Gasteiger partial charge in [0.15, 0.2) is 11.7 Å². The van der Waals surface area contributed by atoms with E-state index in [-0.39, 0.29) is 11.7 Å². The van der Waals surface area contributed by atoms with E-state index in [9.17, 15) is 9.59 Å². The van der Waals surface area contributed by atoms with Crippen LogP contribution in [0.15, 0.2) is 61.9 Å². The van der Waals surface area contributed by atoms with Crippen molar-refractivity contribution in [2.45, 2.75) is 13.3 Å². The van der Waals surface area contributed by atoms with Crippen molar-refractivity contribution in [3.05, 3.63) is 67.5 Å². The van der Waals surface area contributed by atoms with Gasteiger partial charge in [-0.25, -0.2) is 0 Å². The Hall–Kier alpha value is -2.21. The second-order valence-electron chi connectivity index (χ2n) is 6.98. The number of hydrogen-bond donors (Lipinski definition) is 3. The number of thiocarbonyl (C=S) groups is 1. The molecule has 0 bridgehead atoms. The van der Waals surface area contributed by atoms with Crippen LogP contribution in [0.25, 0.3) is 10.8 Å². The van der Waals surface area contributed by atoms with Gasteiger partial charge in [0.1, 0.15) is 11.5 Å². The Morgan fingerprint density at radius 3 is 2.38 bits per heavy atom. The molecule has 34 heavy (non-hydrogen) atoms. The smallest absolute Gasteiger partial charge is 0.276 e. The van der Waals surface area contributed by atoms with Crippen LogP contribution in [-0.4, -0.2) is 30.1 Å². The molecule has 3 rings (SSSR count). The van der Waals surface area contributed by atoms with Crippen molar-refractivity contribution >= 4 is 87.7 Å². The van der Waals surface area contributed by atoms with E-state index in [0.717, 1.165) is 30.6 Å². The molecule has 11 heteroatoms. The summed E-state index contributed by atoms with van der Waals surface area (Å²) in [4.78, 5) is 24.8. The van der Waals surface area contributed by atoms with Gasteiger partial charge in [-0.3, -0.25) is 25.8 Å². The molecule has 0 saturated carbocycles. The van der Waals surface area contributed by atoms with Gasteiger partial charge in [-0.2, -0.15) is 0 Å². The predicted octanol–water partition coefficient (Wildman–Crippen LogP) is 5.63. The normalized spacial score (nSPS) is 10.5. The van der Waals surface area contributed by atoms with Crippen LogP contribution in [0.4, 0.5) is 0 Å². The third-order valence-corrected chi connectivity index (χ3v) is 6.44. The molecule has 7 nitrogen and oxygen atoms in total. The van der Waals surface area contributed by atoms with Gasteiger partial charge in [0.05, 0.1) is 16.6 Å². The molecule has 0 fully saturated rings. The van der Waals surface area contributed by atoms with Crippen molar-refractivity contribution in [2.75, 3.05) is 13.2 Å². The molecule has 0 aliphatic heterocycles. The fourth-order valence-corrected chi connectivity index (χ4v) is 4.37. The molecule has 0 radical (unpaired) electrons. The number of ether oxygens (including phenoxy) is 2. The largest absolute Gasteiger partial charge is 0.493 e. The summed E-state index contributed by atoms with van der Waals surface area (Å²) in [5.41, 5.74) is 5.21. The second kappa shape index (κ2) is 12.5. The van der Waals surface area contributed by atoms with Gasteiger partial charge < -0.3 is 9.47 Å². The minimum absolute atomic E-state index is 0.0720. The summed E-state index contributed by atoms with van der Waals surface area (Å²) in [5.74, 6) is 0.0159. The molecule has 0 aromatic heterocycles. The van der Waals surface area contributed by atoms with Crippen LogP contribution in [0, 0.1) is 0 Å². The fraction of sp³-hybridized carbons (Fsp3) is 0.174. The lowest BCUT2D eigenvalue weighted by Crippen LogP contribution is -2.49. The van der Waals surface area contributed by atoms with E-state index in [2.05, 4.69) is 64.0 Å². The van der Waals surface area contributed by atoms with Crippen molar-refractivity contribution < 1.29 is 19.1 Å². The topological polar surface area (TPSA) is 88.7 Å². The number of carbonyl (C=O) groups excluding carboxylic acids is 2. The summed E-state index contributed by atoms with van der Waals surface area (Å²) in [6.45, 7) is 2.19. The summed E-state index contributed by atoms with van der Waals surface area (Å²) < 4.78 is 13.7. The third-order valence-electron chi connectivity index (χ3n) is 4.43. The molecule has 0 aliphatic rings. The molecule has 0 saturated heterocycles. The molecule has 0 heterocycles. The molecule has 3 aromatic carbocycles. The molecule has 3 aromatic rings. The van der Waals surface area contributed by atoms with Crippen LogP contribution in [0.1, 0.15) is 23.7 Å². The standard InChI is InChI=1S/C23H20Br3N3O4S/c1-2-9-32-18-8-5-15(25)11-17(18)22(31)27-23(34)29-28-20(30)12-33-19-7-3-13-10-14(24)4-6-16(13)21(19)26/h3-8,10-11H,2,9,12H2,1H3,(H,28,30)(H2,27,29,31,34). The molecular weight excluding hydrogens is 654 g/mol. The number of halogens is 3. The van der Waals surface area contributed by atoms with E-state index < -0.39 is 11.8 Å². The first-order valence-electron chi connectivity index (χ1n) is 10.1. The van der Waals surface area contributed by atoms with Gasteiger partial charge in [-0.1, -0.05) is 50.9 Å². The van der Waals surface area contributed by atoms with E-state index in [0.29, 0.717) is 23.7 Å². The van der Waals surface area contributed by atoms with Crippen molar-refractivity contribution in [2.24, 2.45) is 0 Å². The van der Waals surface area contributed by atoms with Crippen LogP contribution in [0.3, 0.4) is 0 Å². The zero-order valence-corrected chi connectivity index (χ0v) is 23.5. The summed E-state index contributed by atoms with van der Waals surface area (Å²) in [7, 11) is 0. The monoisotopic (exact) mass is 671 g/mol. The lowest BCUT2D eigenvalue weighted by Gasteiger charge is -2.14. The zero-order valence-electron chi connectivity index (χ0n) is 17.9. The van der Waals surface area contributed by atoms with Crippen LogP contribution < -0.4 is 25.6 Å². The van der Waals surface area contributed by atoms with E-state index in [1.54, 1.807) is 24.3 Å². The SMILES string of the molecule is CCCOc1ccc(Br)cc1C(=O)NC(=S)NNC(=O)COc1ccc2cc(Br)ccc2c1Br. The Kier molecular flexibility index (Phi) is 9.69. The summed E-state index contributed by atoms with van der Waals surface area (Å²) in [6, 6.07) is 14.7. The molecule has 0 aliphatic carbocycles. The number of fused-ring (bicyclic) bond motifs is 1. The maximum absolute atomic E-state index is 12.6. The highest BCUT2D eigenvalue weighted by atomic mass is 79.9. The van der Waals surface area contributed by atoms with Crippen molar-refractivity contribution in [3.63, 3.8) is 0 Å². The van der Waals surface area contributed by atoms with Gasteiger partial charge in [-0.05, 0) is 81.7 Å². The number of nitrogens with one attached hydrogen (secondary N) is 3. The average Bonchev–Trinajstić information content (AvgIpc) is 2.81. The Morgan fingerprint density at radius 2 is 1.62 bits per heavy atom. The number of amides is 2. The number of carbonyl (C=O) groups is 2. The molecular formula is C23H20Br3N3O4S. The summed E-state index contributed by atoms with van der Waals surface area (Å²) in [5, 5.41) is 4.42. The molecule has 0 spiro atoms. The third kappa shape index (κ3) is 7.14. The van der Waals surface area contributed by atoms with E-state index >= 15 is 0 Å². The number of hydrazine groups is 1. The lowest BCUT2D eigenvalue weighted by atomic mass is 10.1. The molecule has 178 valence electrons. The van der Waals surface area contributed by atoms with Gasteiger partial charge in [-0.15, -0.1) is 0 Å². The fourth-order valence-electron chi connectivity index (χ4n) is 2.88. The Bertz CT molecular complexity index is 1240.